The van der Waals surface area contributed by atoms with Crippen LogP contribution < -0.4 is 10.1 Å². The van der Waals surface area contributed by atoms with Crippen molar-refractivity contribution in [2.75, 3.05) is 33.3 Å². The van der Waals surface area contributed by atoms with E-state index in [4.69, 9.17) is 4.74 Å². The number of aromatic hydroxyl groups is 1. The maximum Gasteiger partial charge on any atom is 0.127 e. The lowest BCUT2D eigenvalue weighted by Crippen LogP contribution is -2.45. The highest BCUT2D eigenvalue weighted by Crippen LogP contribution is 2.49. The predicted molar refractivity (Wildman–Crippen MR) is 74.6 cm³/mol. The molecule has 1 heterocycles. The average molecular weight is 262 g/mol. The minimum absolute atomic E-state index is 0.304. The molecule has 1 saturated heterocycles. The normalized spacial score (nSPS) is 22.2. The van der Waals surface area contributed by atoms with Crippen LogP contribution in [0.4, 0.5) is 0 Å². The summed E-state index contributed by atoms with van der Waals surface area (Å²) in [4.78, 5) is 2.49. The summed E-state index contributed by atoms with van der Waals surface area (Å²) < 4.78 is 5.47. The average Bonchev–Trinajstić information content (AvgIpc) is 3.27. The first-order valence-corrected chi connectivity index (χ1v) is 7.12. The topological polar surface area (TPSA) is 44.7 Å². The van der Waals surface area contributed by atoms with Crippen LogP contribution in [-0.2, 0) is 0 Å². The van der Waals surface area contributed by atoms with Gasteiger partial charge in [-0.05, 0) is 30.9 Å². The zero-order valence-electron chi connectivity index (χ0n) is 11.4. The van der Waals surface area contributed by atoms with Gasteiger partial charge in [-0.3, -0.25) is 4.90 Å². The zero-order valence-corrected chi connectivity index (χ0v) is 11.4. The van der Waals surface area contributed by atoms with Gasteiger partial charge in [-0.1, -0.05) is 6.07 Å². The largest absolute Gasteiger partial charge is 0.507 e. The van der Waals surface area contributed by atoms with Crippen LogP contribution in [0, 0.1) is 5.92 Å². The van der Waals surface area contributed by atoms with Crippen LogP contribution in [0.2, 0.25) is 0 Å². The van der Waals surface area contributed by atoms with Crippen molar-refractivity contribution in [1.29, 1.82) is 0 Å². The maximum atomic E-state index is 10.3. The van der Waals surface area contributed by atoms with Gasteiger partial charge in [0.15, 0.2) is 0 Å². The van der Waals surface area contributed by atoms with Crippen molar-refractivity contribution in [3.05, 3.63) is 23.8 Å². The Kier molecular flexibility index (Phi) is 3.62. The Hall–Kier alpha value is -1.26. The van der Waals surface area contributed by atoms with Crippen molar-refractivity contribution in [3.8, 4) is 11.5 Å². The van der Waals surface area contributed by atoms with E-state index in [1.807, 2.05) is 12.1 Å². The second-order valence-electron chi connectivity index (χ2n) is 5.46. The van der Waals surface area contributed by atoms with Gasteiger partial charge < -0.3 is 15.2 Å². The summed E-state index contributed by atoms with van der Waals surface area (Å²) in [5.74, 6) is 1.85. The second-order valence-corrected chi connectivity index (χ2v) is 5.46. The summed E-state index contributed by atoms with van der Waals surface area (Å²) in [6.45, 7) is 4.13. The van der Waals surface area contributed by atoms with Crippen molar-refractivity contribution in [2.24, 2.45) is 5.92 Å². The molecule has 0 bridgehead atoms. The van der Waals surface area contributed by atoms with Gasteiger partial charge in [0.2, 0.25) is 0 Å². The van der Waals surface area contributed by atoms with Crippen molar-refractivity contribution in [1.82, 2.24) is 10.2 Å². The highest BCUT2D eigenvalue weighted by Gasteiger charge is 2.39. The van der Waals surface area contributed by atoms with Gasteiger partial charge in [0.25, 0.3) is 0 Å². The second kappa shape index (κ2) is 5.39. The predicted octanol–water partition coefficient (Wildman–Crippen LogP) is 1.76. The fourth-order valence-corrected chi connectivity index (χ4v) is 3.10. The molecular weight excluding hydrogens is 240 g/mol. The summed E-state index contributed by atoms with van der Waals surface area (Å²) in [7, 11) is 1.68. The maximum absolute atomic E-state index is 10.3. The summed E-state index contributed by atoms with van der Waals surface area (Å²) in [5, 5.41) is 13.7. The quantitative estimate of drug-likeness (QED) is 0.868. The van der Waals surface area contributed by atoms with Gasteiger partial charge in [0.05, 0.1) is 12.7 Å². The Morgan fingerprint density at radius 1 is 1.32 bits per heavy atom. The van der Waals surface area contributed by atoms with E-state index in [0.29, 0.717) is 17.7 Å². The third-order valence-corrected chi connectivity index (χ3v) is 4.17. The number of nitrogens with zero attached hydrogens (tertiary/aromatic N) is 1. The molecule has 1 atom stereocenters. The molecule has 0 radical (unpaired) electrons. The first kappa shape index (κ1) is 12.8. The van der Waals surface area contributed by atoms with Crippen molar-refractivity contribution in [2.45, 2.75) is 18.9 Å². The Balaban J connectivity index is 1.95. The lowest BCUT2D eigenvalue weighted by molar-refractivity contribution is 0.151. The number of benzene rings is 1. The number of phenols is 1. The molecule has 19 heavy (non-hydrogen) atoms. The van der Waals surface area contributed by atoms with Crippen LogP contribution in [0.15, 0.2) is 18.2 Å². The number of piperazine rings is 1. The first-order valence-electron chi connectivity index (χ1n) is 7.12. The molecule has 2 fully saturated rings. The number of hydrogen-bond acceptors (Lipinski definition) is 4. The van der Waals surface area contributed by atoms with Crippen molar-refractivity contribution in [3.63, 3.8) is 0 Å². The monoisotopic (exact) mass is 262 g/mol. The first-order chi connectivity index (χ1) is 9.31. The lowest BCUT2D eigenvalue weighted by Gasteiger charge is -2.36. The summed E-state index contributed by atoms with van der Waals surface area (Å²) in [6.07, 6.45) is 2.51. The molecule has 0 aromatic heterocycles. The Bertz CT molecular complexity index is 440. The van der Waals surface area contributed by atoms with Crippen LogP contribution in [0.5, 0.6) is 11.5 Å². The standard InChI is InChI=1S/C15H22N2O2/c1-19-13-4-2-3-12(18)14(13)15(11-5-6-11)17-9-7-16-8-10-17/h2-4,11,15-16,18H,5-10H2,1H3/t15-/m0/s1. The minimum Gasteiger partial charge on any atom is -0.507 e. The fourth-order valence-electron chi connectivity index (χ4n) is 3.10. The van der Waals surface area contributed by atoms with E-state index in [-0.39, 0.29) is 0 Å². The Morgan fingerprint density at radius 3 is 2.68 bits per heavy atom. The number of ether oxygens (including phenoxy) is 1. The molecule has 1 aromatic carbocycles. The zero-order chi connectivity index (χ0) is 13.2. The smallest absolute Gasteiger partial charge is 0.127 e. The molecule has 3 rings (SSSR count). The lowest BCUT2D eigenvalue weighted by atomic mass is 9.97. The molecule has 1 aliphatic heterocycles. The van der Waals surface area contributed by atoms with Crippen LogP contribution in [0.3, 0.4) is 0 Å². The van der Waals surface area contributed by atoms with E-state index in [9.17, 15) is 5.11 Å². The summed E-state index contributed by atoms with van der Waals surface area (Å²) in [5.41, 5.74) is 0.981. The van der Waals surface area contributed by atoms with Gasteiger partial charge in [-0.2, -0.15) is 0 Å². The van der Waals surface area contributed by atoms with E-state index in [0.717, 1.165) is 37.5 Å². The highest BCUT2D eigenvalue weighted by atomic mass is 16.5. The van der Waals surface area contributed by atoms with Gasteiger partial charge >= 0.3 is 0 Å². The van der Waals surface area contributed by atoms with Crippen molar-refractivity contribution >= 4 is 0 Å². The number of rotatable bonds is 4. The summed E-state index contributed by atoms with van der Waals surface area (Å²) >= 11 is 0. The van der Waals surface area contributed by atoms with E-state index >= 15 is 0 Å². The fraction of sp³-hybridized carbons (Fsp3) is 0.600. The molecule has 4 nitrogen and oxygen atoms in total. The molecule has 2 aliphatic rings. The van der Waals surface area contributed by atoms with Crippen LogP contribution in [-0.4, -0.2) is 43.3 Å². The van der Waals surface area contributed by atoms with E-state index < -0.39 is 0 Å². The Labute approximate surface area is 114 Å². The molecule has 4 heteroatoms. The van der Waals surface area contributed by atoms with Crippen LogP contribution >= 0.6 is 0 Å². The summed E-state index contributed by atoms with van der Waals surface area (Å²) in [6, 6.07) is 5.87. The minimum atomic E-state index is 0.304. The van der Waals surface area contributed by atoms with Gasteiger partial charge in [0.1, 0.15) is 11.5 Å². The number of hydrogen-bond donors (Lipinski definition) is 2. The Morgan fingerprint density at radius 2 is 2.05 bits per heavy atom. The van der Waals surface area contributed by atoms with Crippen molar-refractivity contribution < 1.29 is 9.84 Å². The molecule has 1 saturated carbocycles. The number of phenolic OH excluding ortho intramolecular Hbond substituents is 1. The van der Waals surface area contributed by atoms with E-state index in [1.165, 1.54) is 12.8 Å². The molecule has 1 aliphatic carbocycles. The molecular formula is C15H22N2O2. The molecule has 1 aromatic rings. The van der Waals surface area contributed by atoms with E-state index in [2.05, 4.69) is 10.2 Å². The third-order valence-electron chi connectivity index (χ3n) is 4.17. The molecule has 104 valence electrons. The number of nitrogens with one attached hydrogen (secondary N) is 1. The third kappa shape index (κ3) is 2.55. The van der Waals surface area contributed by atoms with Crippen LogP contribution in [0.1, 0.15) is 24.4 Å². The van der Waals surface area contributed by atoms with Gasteiger partial charge in [0, 0.05) is 32.2 Å². The molecule has 0 amide bonds. The molecule has 2 N–H and O–H groups in total. The van der Waals surface area contributed by atoms with Gasteiger partial charge in [-0.15, -0.1) is 0 Å². The number of methoxy groups -OCH3 is 1. The SMILES string of the molecule is COc1cccc(O)c1[C@H](C1CC1)N1CCNCC1. The van der Waals surface area contributed by atoms with Gasteiger partial charge in [-0.25, -0.2) is 0 Å². The molecule has 0 unspecified atom stereocenters. The van der Waals surface area contributed by atoms with E-state index in [1.54, 1.807) is 13.2 Å². The highest BCUT2D eigenvalue weighted by molar-refractivity contribution is 5.47. The van der Waals surface area contributed by atoms with Crippen LogP contribution in [0.25, 0.3) is 0 Å². The molecule has 0 spiro atoms.